The Labute approximate surface area is 157 Å². The van der Waals surface area contributed by atoms with Crippen LogP contribution in [0.5, 0.6) is 0 Å². The number of rotatable bonds is 4. The van der Waals surface area contributed by atoms with Crippen molar-refractivity contribution in [2.24, 2.45) is 5.92 Å². The molecule has 1 aliphatic rings. The van der Waals surface area contributed by atoms with E-state index in [4.69, 9.17) is 0 Å². The van der Waals surface area contributed by atoms with E-state index in [1.165, 1.54) is 18.2 Å². The average molecular weight is 372 g/mol. The van der Waals surface area contributed by atoms with Crippen LogP contribution < -0.4 is 10.6 Å². The third-order valence-electron chi connectivity index (χ3n) is 4.70. The van der Waals surface area contributed by atoms with Crippen molar-refractivity contribution in [3.63, 3.8) is 0 Å². The highest BCUT2D eigenvalue weighted by Crippen LogP contribution is 2.25. The summed E-state index contributed by atoms with van der Waals surface area (Å²) in [5, 5.41) is 7.03. The molecule has 1 aromatic heterocycles. The molecule has 138 valence electrons. The normalized spacial score (nSPS) is 19.9. The number of thioether (sulfide) groups is 1. The minimum absolute atomic E-state index is 0.133. The number of benzene rings is 1. The zero-order chi connectivity index (χ0) is 18.5. The van der Waals surface area contributed by atoms with Gasteiger partial charge in [0.15, 0.2) is 0 Å². The number of aromatic nitrogens is 2. The van der Waals surface area contributed by atoms with Crippen LogP contribution >= 0.6 is 11.8 Å². The third kappa shape index (κ3) is 4.72. The van der Waals surface area contributed by atoms with Crippen molar-refractivity contribution >= 4 is 34.6 Å². The number of carbonyl (C=O) groups excluding carboxylic acids is 2. The lowest BCUT2D eigenvalue weighted by atomic mass is 9.86. The van der Waals surface area contributed by atoms with Gasteiger partial charge in [0.2, 0.25) is 5.91 Å². The first-order valence-corrected chi connectivity index (χ1v) is 9.98. The van der Waals surface area contributed by atoms with Crippen LogP contribution in [0, 0.1) is 12.8 Å². The molecule has 2 N–H and O–H groups in total. The lowest BCUT2D eigenvalue weighted by molar-refractivity contribution is -0.117. The van der Waals surface area contributed by atoms with Gasteiger partial charge >= 0.3 is 6.03 Å². The van der Waals surface area contributed by atoms with Crippen LogP contribution in [-0.2, 0) is 4.79 Å². The van der Waals surface area contributed by atoms with Crippen molar-refractivity contribution < 1.29 is 9.59 Å². The molecule has 6 nitrogen and oxygen atoms in total. The molecule has 3 rings (SSSR count). The molecule has 0 radical (unpaired) electrons. The highest BCUT2D eigenvalue weighted by Gasteiger charge is 2.23. The summed E-state index contributed by atoms with van der Waals surface area (Å²) in [5.41, 5.74) is 0.854. The number of amides is 3. The van der Waals surface area contributed by atoms with Gasteiger partial charge in [-0.25, -0.2) is 14.8 Å². The molecule has 1 fully saturated rings. The molecule has 1 saturated carbocycles. The fraction of sp³-hybridized carbons (Fsp3) is 0.474. The molecule has 2 aromatic rings. The van der Waals surface area contributed by atoms with Gasteiger partial charge in [-0.1, -0.05) is 49.7 Å². The number of para-hydroxylation sites is 1. The smallest absolute Gasteiger partial charge is 0.321 e. The minimum Gasteiger partial charge on any atom is -0.335 e. The lowest BCUT2D eigenvalue weighted by Gasteiger charge is -2.29. The molecular formula is C19H24N4O2S. The standard InChI is InChI=1S/C19H24N4O2S/c1-12-7-3-5-9-15(12)22-19(25)23-17(24)11-26-18-14-8-4-6-10-16(14)20-13(2)21-18/h4,6,8,10,12,15H,3,5,7,9,11H2,1-2H3,(H2,22,23,24,25). The largest absolute Gasteiger partial charge is 0.335 e. The van der Waals surface area contributed by atoms with E-state index in [1.807, 2.05) is 31.2 Å². The summed E-state index contributed by atoms with van der Waals surface area (Å²) in [5.74, 6) is 0.926. The lowest BCUT2D eigenvalue weighted by Crippen LogP contribution is -2.48. The van der Waals surface area contributed by atoms with Crippen molar-refractivity contribution in [3.05, 3.63) is 30.1 Å². The van der Waals surface area contributed by atoms with Crippen LogP contribution in [0.15, 0.2) is 29.3 Å². The Bertz CT molecular complexity index is 811. The van der Waals surface area contributed by atoms with E-state index < -0.39 is 6.03 Å². The van der Waals surface area contributed by atoms with Gasteiger partial charge in [0.05, 0.1) is 11.3 Å². The van der Waals surface area contributed by atoms with Crippen molar-refractivity contribution in [2.45, 2.75) is 50.6 Å². The minimum atomic E-state index is -0.405. The third-order valence-corrected chi connectivity index (χ3v) is 5.69. The number of carbonyl (C=O) groups is 2. The first-order valence-electron chi connectivity index (χ1n) is 8.99. The van der Waals surface area contributed by atoms with Gasteiger partial charge in [0, 0.05) is 11.4 Å². The van der Waals surface area contributed by atoms with E-state index in [1.54, 1.807) is 0 Å². The summed E-state index contributed by atoms with van der Waals surface area (Å²) in [7, 11) is 0. The molecule has 1 aliphatic carbocycles. The molecule has 1 heterocycles. The molecule has 2 unspecified atom stereocenters. The first-order chi connectivity index (χ1) is 12.5. The van der Waals surface area contributed by atoms with E-state index in [-0.39, 0.29) is 17.7 Å². The number of hydrogen-bond donors (Lipinski definition) is 2. The van der Waals surface area contributed by atoms with E-state index in [9.17, 15) is 9.59 Å². The van der Waals surface area contributed by atoms with Crippen LogP contribution in [0.25, 0.3) is 10.9 Å². The topological polar surface area (TPSA) is 84.0 Å². The maximum Gasteiger partial charge on any atom is 0.321 e. The summed E-state index contributed by atoms with van der Waals surface area (Å²) in [6.45, 7) is 3.97. The molecule has 26 heavy (non-hydrogen) atoms. The molecule has 2 atom stereocenters. The molecule has 0 aliphatic heterocycles. The van der Waals surface area contributed by atoms with Gasteiger partial charge in [-0.15, -0.1) is 0 Å². The zero-order valence-corrected chi connectivity index (χ0v) is 15.9. The highest BCUT2D eigenvalue weighted by molar-refractivity contribution is 8.00. The van der Waals surface area contributed by atoms with Crippen molar-refractivity contribution in [1.29, 1.82) is 0 Å². The highest BCUT2D eigenvalue weighted by atomic mass is 32.2. The fourth-order valence-corrected chi connectivity index (χ4v) is 4.17. The quantitative estimate of drug-likeness (QED) is 0.634. The van der Waals surface area contributed by atoms with Crippen LogP contribution in [-0.4, -0.2) is 33.7 Å². The number of nitrogens with one attached hydrogen (secondary N) is 2. The Morgan fingerprint density at radius 3 is 2.77 bits per heavy atom. The van der Waals surface area contributed by atoms with Gasteiger partial charge in [-0.2, -0.15) is 0 Å². The maximum absolute atomic E-state index is 12.1. The average Bonchev–Trinajstić information content (AvgIpc) is 2.61. The summed E-state index contributed by atoms with van der Waals surface area (Å²) < 4.78 is 0. The molecule has 0 saturated heterocycles. The monoisotopic (exact) mass is 372 g/mol. The Kier molecular flexibility index (Phi) is 6.08. The Morgan fingerprint density at radius 1 is 1.19 bits per heavy atom. The Morgan fingerprint density at radius 2 is 1.96 bits per heavy atom. The van der Waals surface area contributed by atoms with Gasteiger partial charge in [0.25, 0.3) is 0 Å². The number of hydrogen-bond acceptors (Lipinski definition) is 5. The van der Waals surface area contributed by atoms with Crippen LogP contribution in [0.3, 0.4) is 0 Å². The summed E-state index contributed by atoms with van der Waals surface area (Å²) in [4.78, 5) is 33.0. The van der Waals surface area contributed by atoms with Crippen LogP contribution in [0.1, 0.15) is 38.4 Å². The van der Waals surface area contributed by atoms with E-state index >= 15 is 0 Å². The van der Waals surface area contributed by atoms with Crippen LogP contribution in [0.2, 0.25) is 0 Å². The summed E-state index contributed by atoms with van der Waals surface area (Å²) >= 11 is 1.32. The molecule has 3 amide bonds. The maximum atomic E-state index is 12.1. The van der Waals surface area contributed by atoms with Gasteiger partial charge in [0.1, 0.15) is 10.9 Å². The summed E-state index contributed by atoms with van der Waals surface area (Å²) in [6, 6.07) is 7.45. The SMILES string of the molecule is Cc1nc(SCC(=O)NC(=O)NC2CCCCC2C)c2ccccc2n1. The predicted molar refractivity (Wildman–Crippen MR) is 103 cm³/mol. The van der Waals surface area contributed by atoms with Crippen molar-refractivity contribution in [2.75, 3.05) is 5.75 Å². The molecule has 0 bridgehead atoms. The molecular weight excluding hydrogens is 348 g/mol. The van der Waals surface area contributed by atoms with E-state index in [0.717, 1.165) is 35.2 Å². The number of nitrogens with zero attached hydrogens (tertiary/aromatic N) is 2. The van der Waals surface area contributed by atoms with E-state index in [2.05, 4.69) is 27.5 Å². The second kappa shape index (κ2) is 8.49. The number of urea groups is 1. The number of imide groups is 1. The second-order valence-electron chi connectivity index (χ2n) is 6.77. The summed E-state index contributed by atoms with van der Waals surface area (Å²) in [6.07, 6.45) is 4.43. The number of aryl methyl sites for hydroxylation is 1. The van der Waals surface area contributed by atoms with Gasteiger partial charge < -0.3 is 5.32 Å². The second-order valence-corrected chi connectivity index (χ2v) is 7.74. The van der Waals surface area contributed by atoms with Gasteiger partial charge in [-0.3, -0.25) is 10.1 Å². The molecule has 1 aromatic carbocycles. The zero-order valence-electron chi connectivity index (χ0n) is 15.1. The van der Waals surface area contributed by atoms with Gasteiger partial charge in [-0.05, 0) is 31.7 Å². The fourth-order valence-electron chi connectivity index (χ4n) is 3.30. The predicted octanol–water partition coefficient (Wildman–Crippen LogP) is 3.43. The Hall–Kier alpha value is -2.15. The Balaban J connectivity index is 1.55. The van der Waals surface area contributed by atoms with Crippen LogP contribution in [0.4, 0.5) is 4.79 Å². The van der Waals surface area contributed by atoms with E-state index in [0.29, 0.717) is 11.7 Å². The molecule has 7 heteroatoms. The number of fused-ring (bicyclic) bond motifs is 1. The van der Waals surface area contributed by atoms with Crippen molar-refractivity contribution in [3.8, 4) is 0 Å². The first kappa shape index (κ1) is 18.6. The van der Waals surface area contributed by atoms with Crippen molar-refractivity contribution in [1.82, 2.24) is 20.6 Å². The molecule has 0 spiro atoms.